The molecule has 3 aromatic rings. The predicted molar refractivity (Wildman–Crippen MR) is 85.8 cm³/mol. The van der Waals surface area contributed by atoms with Crippen molar-refractivity contribution >= 4 is 16.8 Å². The number of amides is 1. The van der Waals surface area contributed by atoms with Crippen molar-refractivity contribution in [2.75, 3.05) is 13.7 Å². The monoisotopic (exact) mass is 329 g/mol. The SMILES string of the molecule is COc1cc2c3c([nH]c2c(F)c1-c1c(C)noc1C)CCNC3=O. The quantitative estimate of drug-likeness (QED) is 0.757. The van der Waals surface area contributed by atoms with E-state index in [1.807, 2.05) is 0 Å². The molecule has 0 saturated carbocycles. The molecular formula is C17H16FN3O3. The third kappa shape index (κ3) is 1.87. The molecular weight excluding hydrogens is 313 g/mol. The van der Waals surface area contributed by atoms with Crippen molar-refractivity contribution in [3.8, 4) is 16.9 Å². The number of aryl methyl sites for hydroxylation is 2. The Bertz CT molecular complexity index is 968. The highest BCUT2D eigenvalue weighted by molar-refractivity contribution is 6.10. The van der Waals surface area contributed by atoms with E-state index < -0.39 is 5.82 Å². The van der Waals surface area contributed by atoms with Crippen molar-refractivity contribution in [1.29, 1.82) is 0 Å². The fraction of sp³-hybridized carbons (Fsp3) is 0.294. The van der Waals surface area contributed by atoms with Gasteiger partial charge in [0.15, 0.2) is 5.82 Å². The number of methoxy groups -OCH3 is 1. The highest BCUT2D eigenvalue weighted by Gasteiger charge is 2.28. The minimum Gasteiger partial charge on any atom is -0.496 e. The number of carbonyl (C=O) groups is 1. The standard InChI is InChI=1S/C17H16FN3O3/c1-7-12(8(2)24-21-7)14-11(23-3)6-9-13-10(4-5-19-17(13)22)20-16(9)15(14)18/h6,20H,4-5H2,1-3H3,(H,19,22). The number of nitrogens with one attached hydrogen (secondary N) is 2. The zero-order chi connectivity index (χ0) is 17.0. The summed E-state index contributed by atoms with van der Waals surface area (Å²) >= 11 is 0. The number of fused-ring (bicyclic) bond motifs is 3. The van der Waals surface area contributed by atoms with Gasteiger partial charge in [-0.25, -0.2) is 4.39 Å². The van der Waals surface area contributed by atoms with Gasteiger partial charge >= 0.3 is 0 Å². The van der Waals surface area contributed by atoms with Crippen molar-refractivity contribution in [2.24, 2.45) is 0 Å². The normalized spacial score (nSPS) is 13.9. The summed E-state index contributed by atoms with van der Waals surface area (Å²) in [7, 11) is 1.47. The summed E-state index contributed by atoms with van der Waals surface area (Å²) in [4.78, 5) is 15.2. The van der Waals surface area contributed by atoms with Crippen LogP contribution in [0.4, 0.5) is 4.39 Å². The Morgan fingerprint density at radius 2 is 2.08 bits per heavy atom. The lowest BCUT2D eigenvalue weighted by atomic mass is 9.98. The average molecular weight is 329 g/mol. The molecule has 7 heteroatoms. The summed E-state index contributed by atoms with van der Waals surface area (Å²) in [6.07, 6.45) is 0.637. The van der Waals surface area contributed by atoms with Gasteiger partial charge in [-0.3, -0.25) is 4.79 Å². The van der Waals surface area contributed by atoms with E-state index in [1.165, 1.54) is 7.11 Å². The highest BCUT2D eigenvalue weighted by Crippen LogP contribution is 2.41. The second kappa shape index (κ2) is 5.09. The number of benzene rings is 1. The van der Waals surface area contributed by atoms with E-state index in [0.29, 0.717) is 57.8 Å². The number of hydrogen-bond donors (Lipinski definition) is 2. The van der Waals surface area contributed by atoms with Crippen molar-refractivity contribution in [3.63, 3.8) is 0 Å². The number of ether oxygens (including phenoxy) is 1. The Morgan fingerprint density at radius 1 is 1.29 bits per heavy atom. The van der Waals surface area contributed by atoms with Gasteiger partial charge in [-0.1, -0.05) is 5.16 Å². The number of aromatic amines is 1. The molecule has 3 heterocycles. The molecule has 0 fully saturated rings. The van der Waals surface area contributed by atoms with Crippen LogP contribution in [0.25, 0.3) is 22.0 Å². The molecule has 4 rings (SSSR count). The number of aromatic nitrogens is 2. The maximum atomic E-state index is 15.3. The first-order chi connectivity index (χ1) is 11.5. The van der Waals surface area contributed by atoms with E-state index in [9.17, 15) is 4.79 Å². The number of halogens is 1. The lowest BCUT2D eigenvalue weighted by molar-refractivity contribution is 0.0947. The van der Waals surface area contributed by atoms with E-state index in [0.717, 1.165) is 5.69 Å². The molecule has 1 aliphatic rings. The van der Waals surface area contributed by atoms with Crippen molar-refractivity contribution < 1.29 is 18.4 Å². The van der Waals surface area contributed by atoms with Gasteiger partial charge in [0.25, 0.3) is 5.91 Å². The zero-order valence-electron chi connectivity index (χ0n) is 13.5. The van der Waals surface area contributed by atoms with Crippen LogP contribution in [0, 0.1) is 19.7 Å². The molecule has 6 nitrogen and oxygen atoms in total. The average Bonchev–Trinajstić information content (AvgIpc) is 3.09. The van der Waals surface area contributed by atoms with Crippen molar-refractivity contribution in [2.45, 2.75) is 20.3 Å². The molecule has 0 bridgehead atoms. The molecule has 1 aromatic carbocycles. The smallest absolute Gasteiger partial charge is 0.253 e. The zero-order valence-corrected chi connectivity index (χ0v) is 13.5. The Hall–Kier alpha value is -2.83. The van der Waals surface area contributed by atoms with Gasteiger partial charge in [0.05, 0.1) is 35.0 Å². The summed E-state index contributed by atoms with van der Waals surface area (Å²) in [5, 5.41) is 7.20. The molecule has 124 valence electrons. The number of H-pyrrole nitrogens is 1. The fourth-order valence-electron chi connectivity index (χ4n) is 3.39. The van der Waals surface area contributed by atoms with Crippen LogP contribution < -0.4 is 10.1 Å². The third-order valence-electron chi connectivity index (χ3n) is 4.47. The second-order valence-electron chi connectivity index (χ2n) is 5.87. The Balaban J connectivity index is 2.10. The minimum absolute atomic E-state index is 0.200. The van der Waals surface area contributed by atoms with Crippen LogP contribution in [-0.4, -0.2) is 29.7 Å². The van der Waals surface area contributed by atoms with E-state index in [1.54, 1.807) is 19.9 Å². The molecule has 0 atom stereocenters. The largest absolute Gasteiger partial charge is 0.496 e. The van der Waals surface area contributed by atoms with E-state index >= 15 is 4.39 Å². The second-order valence-corrected chi connectivity index (χ2v) is 5.87. The van der Waals surface area contributed by atoms with E-state index in [-0.39, 0.29) is 5.91 Å². The summed E-state index contributed by atoms with van der Waals surface area (Å²) in [6.45, 7) is 4.02. The van der Waals surface area contributed by atoms with E-state index in [2.05, 4.69) is 15.5 Å². The first-order valence-electron chi connectivity index (χ1n) is 7.65. The van der Waals surface area contributed by atoms with Gasteiger partial charge in [-0.2, -0.15) is 0 Å². The van der Waals surface area contributed by atoms with Crippen LogP contribution in [0.3, 0.4) is 0 Å². The molecule has 0 spiro atoms. The van der Waals surface area contributed by atoms with Crippen LogP contribution in [0.15, 0.2) is 10.6 Å². The molecule has 24 heavy (non-hydrogen) atoms. The van der Waals surface area contributed by atoms with Gasteiger partial charge in [0.1, 0.15) is 11.5 Å². The molecule has 0 saturated heterocycles. The number of carbonyl (C=O) groups excluding carboxylic acids is 1. The van der Waals surface area contributed by atoms with Crippen LogP contribution >= 0.6 is 0 Å². The maximum absolute atomic E-state index is 15.3. The molecule has 1 amide bonds. The topological polar surface area (TPSA) is 80.2 Å². The van der Waals surface area contributed by atoms with Crippen molar-refractivity contribution in [3.05, 3.63) is 34.6 Å². The lowest BCUT2D eigenvalue weighted by Crippen LogP contribution is -2.31. The summed E-state index contributed by atoms with van der Waals surface area (Å²) < 4.78 is 25.9. The van der Waals surface area contributed by atoms with Gasteiger partial charge in [0, 0.05) is 24.0 Å². The van der Waals surface area contributed by atoms with Crippen molar-refractivity contribution in [1.82, 2.24) is 15.5 Å². The summed E-state index contributed by atoms with van der Waals surface area (Å²) in [5.41, 5.74) is 2.97. The Labute approximate surface area is 137 Å². The number of rotatable bonds is 2. The first kappa shape index (κ1) is 14.7. The summed E-state index contributed by atoms with van der Waals surface area (Å²) in [5.74, 6) is 0.183. The van der Waals surface area contributed by atoms with E-state index in [4.69, 9.17) is 9.26 Å². The van der Waals surface area contributed by atoms with Crippen LogP contribution in [0.5, 0.6) is 5.75 Å². The highest BCUT2D eigenvalue weighted by atomic mass is 19.1. The van der Waals surface area contributed by atoms with Gasteiger partial charge in [-0.05, 0) is 19.9 Å². The molecule has 2 aromatic heterocycles. The van der Waals surface area contributed by atoms with Crippen LogP contribution in [0.2, 0.25) is 0 Å². The number of nitrogens with zero attached hydrogens (tertiary/aromatic N) is 1. The first-order valence-corrected chi connectivity index (χ1v) is 7.65. The van der Waals surface area contributed by atoms with Gasteiger partial charge < -0.3 is 19.6 Å². The molecule has 0 aliphatic carbocycles. The Kier molecular flexibility index (Phi) is 3.13. The third-order valence-corrected chi connectivity index (χ3v) is 4.47. The molecule has 2 N–H and O–H groups in total. The molecule has 0 unspecified atom stereocenters. The fourth-order valence-corrected chi connectivity index (χ4v) is 3.39. The van der Waals surface area contributed by atoms with Gasteiger partial charge in [0.2, 0.25) is 0 Å². The van der Waals surface area contributed by atoms with Crippen LogP contribution in [0.1, 0.15) is 27.5 Å². The lowest BCUT2D eigenvalue weighted by Gasteiger charge is -2.13. The predicted octanol–water partition coefficient (Wildman–Crippen LogP) is 2.87. The Morgan fingerprint density at radius 3 is 2.75 bits per heavy atom. The number of hydrogen-bond acceptors (Lipinski definition) is 4. The maximum Gasteiger partial charge on any atom is 0.253 e. The van der Waals surface area contributed by atoms with Crippen LogP contribution in [-0.2, 0) is 6.42 Å². The summed E-state index contributed by atoms with van der Waals surface area (Å²) in [6, 6.07) is 1.69. The van der Waals surface area contributed by atoms with Gasteiger partial charge in [-0.15, -0.1) is 0 Å². The molecule has 1 aliphatic heterocycles. The minimum atomic E-state index is -0.471. The molecule has 0 radical (unpaired) electrons.